The summed E-state index contributed by atoms with van der Waals surface area (Å²) in [6.07, 6.45) is 10.9. The topological polar surface area (TPSA) is 20.3 Å². The lowest BCUT2D eigenvalue weighted by molar-refractivity contribution is -0.109. The third-order valence-electron chi connectivity index (χ3n) is 4.16. The van der Waals surface area contributed by atoms with Crippen LogP contribution in [0, 0.1) is 5.41 Å². The van der Waals surface area contributed by atoms with Gasteiger partial charge in [-0.25, -0.2) is 0 Å². The van der Waals surface area contributed by atoms with E-state index < -0.39 is 0 Å². The van der Waals surface area contributed by atoms with Gasteiger partial charge in [0, 0.05) is 0 Å². The standard InChI is InChI=1S/C12H21NO/c14-11-10-13-8-6-12(7-9-13)4-2-1-3-5-12/h11H,1-10H2. The summed E-state index contributed by atoms with van der Waals surface area (Å²) in [6.45, 7) is 2.95. The number of hydrogen-bond donors (Lipinski definition) is 0. The van der Waals surface area contributed by atoms with E-state index in [1.807, 2.05) is 0 Å². The number of likely N-dealkylation sites (tertiary alicyclic amines) is 1. The Balaban J connectivity index is 1.84. The number of piperidine rings is 1. The minimum absolute atomic E-state index is 0.649. The Labute approximate surface area is 86.7 Å². The van der Waals surface area contributed by atoms with Crippen LogP contribution in [0.4, 0.5) is 0 Å². The summed E-state index contributed by atoms with van der Waals surface area (Å²) in [6, 6.07) is 0. The van der Waals surface area contributed by atoms with Crippen molar-refractivity contribution in [3.05, 3.63) is 0 Å². The van der Waals surface area contributed by atoms with Crippen LogP contribution in [0.3, 0.4) is 0 Å². The molecule has 0 N–H and O–H groups in total. The van der Waals surface area contributed by atoms with Gasteiger partial charge in [0.05, 0.1) is 6.54 Å². The predicted molar refractivity (Wildman–Crippen MR) is 57.3 cm³/mol. The second-order valence-electron chi connectivity index (χ2n) is 5.03. The maximum absolute atomic E-state index is 10.4. The van der Waals surface area contributed by atoms with Crippen molar-refractivity contribution in [3.8, 4) is 0 Å². The van der Waals surface area contributed by atoms with Gasteiger partial charge in [0.15, 0.2) is 0 Å². The first-order chi connectivity index (χ1) is 6.85. The smallest absolute Gasteiger partial charge is 0.133 e. The molecule has 1 aliphatic carbocycles. The quantitative estimate of drug-likeness (QED) is 0.630. The largest absolute Gasteiger partial charge is 0.302 e. The molecule has 1 saturated carbocycles. The molecule has 14 heavy (non-hydrogen) atoms. The highest BCUT2D eigenvalue weighted by atomic mass is 16.1. The number of hydrogen-bond acceptors (Lipinski definition) is 2. The Hall–Kier alpha value is -0.370. The zero-order valence-electron chi connectivity index (χ0n) is 9.00. The lowest BCUT2D eigenvalue weighted by atomic mass is 9.68. The molecule has 0 unspecified atom stereocenters. The highest BCUT2D eigenvalue weighted by molar-refractivity contribution is 5.51. The van der Waals surface area contributed by atoms with E-state index in [1.165, 1.54) is 44.9 Å². The fourth-order valence-electron chi connectivity index (χ4n) is 3.12. The maximum atomic E-state index is 10.4. The van der Waals surface area contributed by atoms with E-state index >= 15 is 0 Å². The summed E-state index contributed by atoms with van der Waals surface area (Å²) >= 11 is 0. The first-order valence-corrected chi connectivity index (χ1v) is 6.01. The van der Waals surface area contributed by atoms with Gasteiger partial charge in [-0.1, -0.05) is 19.3 Å². The second kappa shape index (κ2) is 4.43. The highest BCUT2D eigenvalue weighted by Gasteiger charge is 2.35. The molecule has 0 aromatic rings. The Morgan fingerprint density at radius 1 is 1.00 bits per heavy atom. The van der Waals surface area contributed by atoms with Gasteiger partial charge in [-0.2, -0.15) is 0 Å². The van der Waals surface area contributed by atoms with Gasteiger partial charge in [-0.15, -0.1) is 0 Å². The third kappa shape index (κ3) is 2.17. The number of aldehydes is 1. The molecular formula is C12H21NO. The van der Waals surface area contributed by atoms with Crippen LogP contribution in [-0.2, 0) is 4.79 Å². The first-order valence-electron chi connectivity index (χ1n) is 6.01. The molecule has 1 heterocycles. The molecule has 0 amide bonds. The molecule has 80 valence electrons. The second-order valence-corrected chi connectivity index (χ2v) is 5.03. The van der Waals surface area contributed by atoms with E-state index in [0.29, 0.717) is 12.0 Å². The van der Waals surface area contributed by atoms with Crippen molar-refractivity contribution in [2.75, 3.05) is 19.6 Å². The van der Waals surface area contributed by atoms with Crippen LogP contribution in [0.5, 0.6) is 0 Å². The van der Waals surface area contributed by atoms with E-state index in [9.17, 15) is 4.79 Å². The van der Waals surface area contributed by atoms with Crippen molar-refractivity contribution in [3.63, 3.8) is 0 Å². The minimum Gasteiger partial charge on any atom is -0.302 e. The number of rotatable bonds is 2. The van der Waals surface area contributed by atoms with E-state index in [4.69, 9.17) is 0 Å². The lowest BCUT2D eigenvalue weighted by Gasteiger charge is -2.43. The third-order valence-corrected chi connectivity index (χ3v) is 4.16. The molecule has 0 bridgehead atoms. The zero-order chi connectivity index (χ0) is 9.86. The van der Waals surface area contributed by atoms with Gasteiger partial charge < -0.3 is 4.79 Å². The zero-order valence-corrected chi connectivity index (χ0v) is 9.00. The maximum Gasteiger partial charge on any atom is 0.133 e. The summed E-state index contributed by atoms with van der Waals surface area (Å²) in [5, 5.41) is 0. The van der Waals surface area contributed by atoms with Crippen molar-refractivity contribution in [2.24, 2.45) is 5.41 Å². The van der Waals surface area contributed by atoms with E-state index in [1.54, 1.807) is 0 Å². The molecule has 2 rings (SSSR count). The predicted octanol–water partition coefficient (Wildman–Crippen LogP) is 2.23. The molecule has 0 atom stereocenters. The normalized spacial score (nSPS) is 27.7. The Morgan fingerprint density at radius 3 is 2.21 bits per heavy atom. The molecule has 1 spiro atoms. The summed E-state index contributed by atoms with van der Waals surface area (Å²) in [5.74, 6) is 0. The minimum atomic E-state index is 0.649. The molecule has 2 nitrogen and oxygen atoms in total. The number of carbonyl (C=O) groups excluding carboxylic acids is 1. The first kappa shape index (κ1) is 10.2. The lowest BCUT2D eigenvalue weighted by Crippen LogP contribution is -2.41. The molecule has 2 aliphatic rings. The monoisotopic (exact) mass is 195 g/mol. The van der Waals surface area contributed by atoms with Crippen LogP contribution in [0.1, 0.15) is 44.9 Å². The summed E-state index contributed by atoms with van der Waals surface area (Å²) in [7, 11) is 0. The Bertz CT molecular complexity index is 186. The molecule has 2 fully saturated rings. The summed E-state index contributed by atoms with van der Waals surface area (Å²) in [5.41, 5.74) is 0.678. The van der Waals surface area contributed by atoms with Crippen LogP contribution in [0.15, 0.2) is 0 Å². The number of nitrogens with zero attached hydrogens (tertiary/aromatic N) is 1. The van der Waals surface area contributed by atoms with Crippen LogP contribution < -0.4 is 0 Å². The molecular weight excluding hydrogens is 174 g/mol. The van der Waals surface area contributed by atoms with Crippen molar-refractivity contribution in [2.45, 2.75) is 44.9 Å². The van der Waals surface area contributed by atoms with Crippen molar-refractivity contribution in [1.82, 2.24) is 4.90 Å². The molecule has 2 heteroatoms. The van der Waals surface area contributed by atoms with Crippen molar-refractivity contribution < 1.29 is 4.79 Å². The van der Waals surface area contributed by atoms with Gasteiger partial charge in [-0.3, -0.25) is 4.90 Å². The average molecular weight is 195 g/mol. The van der Waals surface area contributed by atoms with Gasteiger partial charge in [-0.05, 0) is 44.2 Å². The van der Waals surface area contributed by atoms with Gasteiger partial charge in [0.1, 0.15) is 6.29 Å². The molecule has 0 radical (unpaired) electrons. The van der Waals surface area contributed by atoms with Gasteiger partial charge in [0.25, 0.3) is 0 Å². The van der Waals surface area contributed by atoms with Crippen LogP contribution in [0.2, 0.25) is 0 Å². The van der Waals surface area contributed by atoms with E-state index in [0.717, 1.165) is 19.4 Å². The van der Waals surface area contributed by atoms with Gasteiger partial charge >= 0.3 is 0 Å². The molecule has 0 aromatic heterocycles. The highest BCUT2D eigenvalue weighted by Crippen LogP contribution is 2.44. The number of carbonyl (C=O) groups is 1. The average Bonchev–Trinajstić information content (AvgIpc) is 2.24. The van der Waals surface area contributed by atoms with Crippen molar-refractivity contribution >= 4 is 6.29 Å². The van der Waals surface area contributed by atoms with Crippen LogP contribution >= 0.6 is 0 Å². The SMILES string of the molecule is O=CCN1CCC2(CCCCC2)CC1. The molecule has 1 aliphatic heterocycles. The van der Waals surface area contributed by atoms with Crippen LogP contribution in [-0.4, -0.2) is 30.8 Å². The summed E-state index contributed by atoms with van der Waals surface area (Å²) in [4.78, 5) is 12.7. The fraction of sp³-hybridized carbons (Fsp3) is 0.917. The fourth-order valence-corrected chi connectivity index (χ4v) is 3.12. The van der Waals surface area contributed by atoms with E-state index in [2.05, 4.69) is 4.90 Å². The van der Waals surface area contributed by atoms with Crippen LogP contribution in [0.25, 0.3) is 0 Å². The van der Waals surface area contributed by atoms with Crippen molar-refractivity contribution in [1.29, 1.82) is 0 Å². The van der Waals surface area contributed by atoms with E-state index in [-0.39, 0.29) is 0 Å². The Morgan fingerprint density at radius 2 is 1.64 bits per heavy atom. The van der Waals surface area contributed by atoms with Gasteiger partial charge in [0.2, 0.25) is 0 Å². The summed E-state index contributed by atoms with van der Waals surface area (Å²) < 4.78 is 0. The Kier molecular flexibility index (Phi) is 3.22. The molecule has 1 saturated heterocycles. The molecule has 0 aromatic carbocycles.